The lowest BCUT2D eigenvalue weighted by molar-refractivity contribution is -0.251. The Hall–Kier alpha value is -3.30. The predicted molar refractivity (Wildman–Crippen MR) is 212 cm³/mol. The molecule has 1 aromatic rings. The minimum Gasteiger partial charge on any atom is -0.460 e. The van der Waals surface area contributed by atoms with E-state index in [1.54, 1.807) is 7.05 Å². The molecule has 0 aliphatic heterocycles. The standard InChI is InChI=1S/C45H68N4O6/c1-26(2)31-15-20-45(25-54-40(53)39-29(5)47-27(3)28(4)48-39)22-21-43(10)32(38(31)45)13-14-34-42(9)18-17-35(41(7,8)33(42)16-19-44(34,43)11)55-37(52)24-49(12)36(51)23-46-30(6)50/h31-35,38H,1,13-25H2,2-12H3,(H,46,50)/t31-,32+,33-,34+,35-,38+,42-,43+,44+,45+/m0/s1. The summed E-state index contributed by atoms with van der Waals surface area (Å²) < 4.78 is 12.5. The van der Waals surface area contributed by atoms with Gasteiger partial charge in [-0.1, -0.05) is 46.8 Å². The highest BCUT2D eigenvalue weighted by Crippen LogP contribution is 2.77. The molecular weight excluding hydrogens is 693 g/mol. The summed E-state index contributed by atoms with van der Waals surface area (Å²) in [7, 11) is 1.57. The largest absolute Gasteiger partial charge is 0.460 e. The van der Waals surface area contributed by atoms with E-state index in [1.165, 1.54) is 30.2 Å². The first-order valence-corrected chi connectivity index (χ1v) is 20.9. The summed E-state index contributed by atoms with van der Waals surface area (Å²) in [5, 5.41) is 2.51. The highest BCUT2D eigenvalue weighted by atomic mass is 16.5. The average molecular weight is 761 g/mol. The fraction of sp³-hybridized carbons (Fsp3) is 0.778. The molecule has 2 amide bonds. The van der Waals surface area contributed by atoms with Gasteiger partial charge < -0.3 is 19.7 Å². The molecule has 1 N–H and O–H groups in total. The number of hydrogen-bond donors (Lipinski definition) is 1. The van der Waals surface area contributed by atoms with Crippen molar-refractivity contribution in [1.29, 1.82) is 0 Å². The van der Waals surface area contributed by atoms with Crippen LogP contribution < -0.4 is 5.32 Å². The lowest BCUT2D eigenvalue weighted by Crippen LogP contribution is -2.67. The van der Waals surface area contributed by atoms with E-state index in [1.807, 2.05) is 20.8 Å². The van der Waals surface area contributed by atoms with Crippen molar-refractivity contribution in [2.75, 3.05) is 26.7 Å². The SMILES string of the molecule is C=C(C)[C@@H]1CC[C@]2(COC(=O)c3nc(C)c(C)nc3C)CC[C@]3(C)[C@H](CC[C@@H]4[C@@]5(C)CC[C@H](OC(=O)CN(C)C(=O)CNC(C)=O)C(C)(C)[C@@H]5CC[C@]43C)[C@@H]12. The second kappa shape index (κ2) is 14.6. The van der Waals surface area contributed by atoms with Crippen LogP contribution in [0.25, 0.3) is 0 Å². The van der Waals surface area contributed by atoms with Crippen LogP contribution >= 0.6 is 0 Å². The van der Waals surface area contributed by atoms with Crippen LogP contribution in [0.2, 0.25) is 0 Å². The van der Waals surface area contributed by atoms with Gasteiger partial charge in [-0.05, 0) is 138 Å². The third-order valence-electron chi connectivity index (χ3n) is 16.9. The molecule has 1 heterocycles. The Labute approximate surface area is 329 Å². The number of aromatic nitrogens is 2. The van der Waals surface area contributed by atoms with Crippen molar-refractivity contribution in [2.24, 2.45) is 56.7 Å². The molecule has 0 unspecified atom stereocenters. The number of esters is 2. The van der Waals surface area contributed by atoms with Crippen LogP contribution in [-0.4, -0.2) is 71.5 Å². The molecule has 10 nitrogen and oxygen atoms in total. The van der Waals surface area contributed by atoms with Crippen LogP contribution in [-0.2, 0) is 23.9 Å². The van der Waals surface area contributed by atoms with E-state index >= 15 is 0 Å². The van der Waals surface area contributed by atoms with E-state index in [-0.39, 0.29) is 64.1 Å². The van der Waals surface area contributed by atoms with Gasteiger partial charge in [-0.3, -0.25) is 19.4 Å². The quantitative estimate of drug-likeness (QED) is 0.200. The number of fused-ring (bicyclic) bond motifs is 7. The normalized spacial score (nSPS) is 37.3. The monoisotopic (exact) mass is 761 g/mol. The number of aryl methyl sites for hydroxylation is 3. The topological polar surface area (TPSA) is 128 Å². The fourth-order valence-electron chi connectivity index (χ4n) is 13.7. The number of nitrogens with one attached hydrogen (secondary N) is 1. The molecular formula is C45H68N4O6. The average Bonchev–Trinajstić information content (AvgIpc) is 3.49. The number of likely N-dealkylation sites (N-methyl/N-ethyl adjacent to an activating group) is 1. The van der Waals surface area contributed by atoms with Gasteiger partial charge in [0.05, 0.1) is 30.2 Å². The zero-order valence-electron chi connectivity index (χ0n) is 35.7. The van der Waals surface area contributed by atoms with Crippen LogP contribution in [0.4, 0.5) is 0 Å². The van der Waals surface area contributed by atoms with Gasteiger partial charge in [-0.2, -0.15) is 0 Å². The van der Waals surface area contributed by atoms with Crippen molar-refractivity contribution in [3.63, 3.8) is 0 Å². The van der Waals surface area contributed by atoms with Crippen molar-refractivity contribution in [2.45, 2.75) is 140 Å². The Morgan fingerprint density at radius 1 is 0.818 bits per heavy atom. The number of rotatable bonds is 9. The van der Waals surface area contributed by atoms with Gasteiger partial charge in [0, 0.05) is 24.8 Å². The van der Waals surface area contributed by atoms with Gasteiger partial charge in [0.1, 0.15) is 12.6 Å². The van der Waals surface area contributed by atoms with E-state index in [2.05, 4.69) is 63.4 Å². The molecule has 10 heteroatoms. The molecule has 5 saturated carbocycles. The maximum atomic E-state index is 13.6. The van der Waals surface area contributed by atoms with Crippen LogP contribution in [0.5, 0.6) is 0 Å². The fourth-order valence-corrected chi connectivity index (χ4v) is 13.7. The molecule has 1 aromatic heterocycles. The predicted octanol–water partition coefficient (Wildman–Crippen LogP) is 7.72. The lowest BCUT2D eigenvalue weighted by atomic mass is 9.32. The Kier molecular flexibility index (Phi) is 11.0. The molecule has 0 bridgehead atoms. The second-order valence-corrected chi connectivity index (χ2v) is 20.0. The lowest BCUT2D eigenvalue weighted by Gasteiger charge is -2.73. The summed E-state index contributed by atoms with van der Waals surface area (Å²) in [5.41, 5.74) is 3.91. The van der Waals surface area contributed by atoms with Gasteiger partial charge in [-0.25, -0.2) is 9.78 Å². The van der Waals surface area contributed by atoms with Crippen LogP contribution in [0.1, 0.15) is 140 Å². The zero-order chi connectivity index (χ0) is 40.5. The summed E-state index contributed by atoms with van der Waals surface area (Å²) in [6.45, 7) is 26.3. The first-order chi connectivity index (χ1) is 25.6. The number of hydrogen-bond acceptors (Lipinski definition) is 8. The van der Waals surface area contributed by atoms with Gasteiger partial charge in [0.2, 0.25) is 11.8 Å². The third-order valence-corrected chi connectivity index (χ3v) is 16.9. The van der Waals surface area contributed by atoms with E-state index in [4.69, 9.17) is 9.47 Å². The zero-order valence-corrected chi connectivity index (χ0v) is 35.7. The number of allylic oxidation sites excluding steroid dienone is 1. The summed E-state index contributed by atoms with van der Waals surface area (Å²) in [6.07, 6.45) is 10.5. The number of carbonyl (C=O) groups is 4. The Bertz CT molecular complexity index is 1740. The van der Waals surface area contributed by atoms with Gasteiger partial charge >= 0.3 is 11.9 Å². The van der Waals surface area contributed by atoms with Crippen LogP contribution in [0, 0.1) is 77.4 Å². The van der Waals surface area contributed by atoms with Crippen LogP contribution in [0.3, 0.4) is 0 Å². The number of amides is 2. The van der Waals surface area contributed by atoms with E-state index < -0.39 is 5.97 Å². The summed E-state index contributed by atoms with van der Waals surface area (Å²) in [5.74, 6) is 0.939. The maximum Gasteiger partial charge on any atom is 0.358 e. The summed E-state index contributed by atoms with van der Waals surface area (Å²) >= 11 is 0. The molecule has 10 atom stereocenters. The van der Waals surface area contributed by atoms with E-state index in [9.17, 15) is 19.2 Å². The van der Waals surface area contributed by atoms with Crippen molar-refractivity contribution < 1.29 is 28.7 Å². The molecule has 0 saturated heterocycles. The van der Waals surface area contributed by atoms with Crippen molar-refractivity contribution in [1.82, 2.24) is 20.2 Å². The van der Waals surface area contributed by atoms with Crippen molar-refractivity contribution >= 4 is 23.8 Å². The van der Waals surface area contributed by atoms with Crippen molar-refractivity contribution in [3.8, 4) is 0 Å². The minimum absolute atomic E-state index is 0.0681. The molecule has 0 spiro atoms. The molecule has 0 aromatic carbocycles. The first-order valence-electron chi connectivity index (χ1n) is 20.9. The molecule has 5 aliphatic rings. The number of nitrogens with zero attached hydrogens (tertiary/aromatic N) is 3. The molecule has 5 fully saturated rings. The number of ether oxygens (including phenoxy) is 2. The van der Waals surface area contributed by atoms with Crippen LogP contribution in [0.15, 0.2) is 12.2 Å². The molecule has 6 rings (SSSR count). The third kappa shape index (κ3) is 6.83. The Morgan fingerprint density at radius 2 is 1.51 bits per heavy atom. The molecule has 5 aliphatic carbocycles. The highest BCUT2D eigenvalue weighted by Gasteiger charge is 2.71. The van der Waals surface area contributed by atoms with E-state index in [0.717, 1.165) is 62.8 Å². The molecule has 55 heavy (non-hydrogen) atoms. The first kappa shape index (κ1) is 41.3. The maximum absolute atomic E-state index is 13.6. The Balaban J connectivity index is 1.20. The Morgan fingerprint density at radius 3 is 2.18 bits per heavy atom. The van der Waals surface area contributed by atoms with Crippen molar-refractivity contribution in [3.05, 3.63) is 34.9 Å². The van der Waals surface area contributed by atoms with Gasteiger partial charge in [0.25, 0.3) is 0 Å². The summed E-state index contributed by atoms with van der Waals surface area (Å²) in [4.78, 5) is 61.0. The minimum atomic E-state index is -0.397. The number of carbonyl (C=O) groups excluding carboxylic acids is 4. The smallest absolute Gasteiger partial charge is 0.358 e. The van der Waals surface area contributed by atoms with E-state index in [0.29, 0.717) is 47.6 Å². The summed E-state index contributed by atoms with van der Waals surface area (Å²) in [6, 6.07) is 0. The second-order valence-electron chi connectivity index (χ2n) is 20.0. The molecule has 0 radical (unpaired) electrons. The highest BCUT2D eigenvalue weighted by molar-refractivity contribution is 5.88. The van der Waals surface area contributed by atoms with Gasteiger partial charge in [-0.15, -0.1) is 0 Å². The molecule has 304 valence electrons. The van der Waals surface area contributed by atoms with Gasteiger partial charge in [0.15, 0.2) is 5.69 Å².